The van der Waals surface area contributed by atoms with Crippen LogP contribution in [0.25, 0.3) is 11.3 Å². The van der Waals surface area contributed by atoms with E-state index in [4.69, 9.17) is 27.2 Å². The molecule has 0 atom stereocenters. The molecule has 0 radical (unpaired) electrons. The number of ether oxygens (including phenoxy) is 1. The maximum atomic E-state index is 11.1. The van der Waals surface area contributed by atoms with Crippen molar-refractivity contribution < 1.29 is 14.6 Å². The Morgan fingerprint density at radius 2 is 2.11 bits per heavy atom. The van der Waals surface area contributed by atoms with Gasteiger partial charge >= 0.3 is 5.97 Å². The van der Waals surface area contributed by atoms with Crippen molar-refractivity contribution in [3.63, 3.8) is 0 Å². The molecule has 3 N–H and O–H groups in total. The van der Waals surface area contributed by atoms with Gasteiger partial charge in [0, 0.05) is 5.56 Å². The van der Waals surface area contributed by atoms with E-state index in [1.165, 1.54) is 13.2 Å². The normalized spacial score (nSPS) is 10.2. The highest BCUT2D eigenvalue weighted by Crippen LogP contribution is 2.32. The number of nitrogen functional groups attached to an aromatic ring is 1. The number of nitrogens with zero attached hydrogens (tertiary/aromatic N) is 1. The van der Waals surface area contributed by atoms with Crippen molar-refractivity contribution in [3.05, 3.63) is 41.0 Å². The average Bonchev–Trinajstić information content (AvgIpc) is 2.41. The molecule has 0 amide bonds. The zero-order valence-corrected chi connectivity index (χ0v) is 10.8. The van der Waals surface area contributed by atoms with Crippen molar-refractivity contribution in [1.82, 2.24) is 4.98 Å². The molecule has 0 saturated carbocycles. The first-order chi connectivity index (χ1) is 9.04. The lowest BCUT2D eigenvalue weighted by atomic mass is 10.1. The summed E-state index contributed by atoms with van der Waals surface area (Å²) in [6, 6.07) is 8.64. The van der Waals surface area contributed by atoms with Crippen LogP contribution in [0.15, 0.2) is 30.3 Å². The second-order valence-electron chi connectivity index (χ2n) is 3.76. The third kappa shape index (κ3) is 2.46. The van der Waals surface area contributed by atoms with Crippen LogP contribution in [0, 0.1) is 0 Å². The number of rotatable bonds is 3. The summed E-state index contributed by atoms with van der Waals surface area (Å²) in [7, 11) is 1.52. The van der Waals surface area contributed by atoms with Crippen molar-refractivity contribution in [2.45, 2.75) is 0 Å². The van der Waals surface area contributed by atoms with Gasteiger partial charge in [0.1, 0.15) is 5.75 Å². The predicted molar refractivity (Wildman–Crippen MR) is 72.6 cm³/mol. The fourth-order valence-electron chi connectivity index (χ4n) is 1.69. The maximum absolute atomic E-state index is 11.1. The smallest absolute Gasteiger partial charge is 0.356 e. The highest BCUT2D eigenvalue weighted by atomic mass is 35.5. The summed E-state index contributed by atoms with van der Waals surface area (Å²) < 4.78 is 5.21. The number of para-hydroxylation sites is 1. The summed E-state index contributed by atoms with van der Waals surface area (Å²) in [4.78, 5) is 15.1. The molecule has 98 valence electrons. The minimum atomic E-state index is -1.23. The number of carboxylic acid groups (broad SMARTS) is 1. The summed E-state index contributed by atoms with van der Waals surface area (Å²) in [6.07, 6.45) is 0. The molecule has 0 aliphatic rings. The van der Waals surface area contributed by atoms with E-state index in [1.807, 2.05) is 0 Å². The third-order valence-electron chi connectivity index (χ3n) is 2.57. The molecule has 2 aromatic rings. The minimum Gasteiger partial charge on any atom is -0.496 e. The van der Waals surface area contributed by atoms with Gasteiger partial charge in [0.25, 0.3) is 0 Å². The predicted octanol–water partition coefficient (Wildman–Crippen LogP) is 2.69. The van der Waals surface area contributed by atoms with Gasteiger partial charge in [0.05, 0.1) is 23.5 Å². The van der Waals surface area contributed by atoms with Crippen LogP contribution in [-0.4, -0.2) is 23.2 Å². The standard InChI is InChI=1S/C13H11ClN2O3/c1-19-10-5-3-2-4-7(10)9-6-8(15)11(14)12(16-9)13(17)18/h2-6H,1H3,(H2,15,16)(H,17,18). The van der Waals surface area contributed by atoms with Crippen LogP contribution in [0.3, 0.4) is 0 Å². The Kier molecular flexibility index (Phi) is 3.57. The van der Waals surface area contributed by atoms with Gasteiger partial charge < -0.3 is 15.6 Å². The van der Waals surface area contributed by atoms with Crippen LogP contribution < -0.4 is 10.5 Å². The second-order valence-corrected chi connectivity index (χ2v) is 4.14. The van der Waals surface area contributed by atoms with Crippen molar-refractivity contribution in [2.24, 2.45) is 0 Å². The van der Waals surface area contributed by atoms with Crippen LogP contribution >= 0.6 is 11.6 Å². The molecule has 1 aromatic carbocycles. The molecule has 5 nitrogen and oxygen atoms in total. The highest BCUT2D eigenvalue weighted by molar-refractivity contribution is 6.35. The van der Waals surface area contributed by atoms with Gasteiger partial charge in [-0.3, -0.25) is 0 Å². The lowest BCUT2D eigenvalue weighted by molar-refractivity contribution is 0.0691. The summed E-state index contributed by atoms with van der Waals surface area (Å²) in [6.45, 7) is 0. The van der Waals surface area contributed by atoms with Crippen LogP contribution in [-0.2, 0) is 0 Å². The number of carbonyl (C=O) groups is 1. The Balaban J connectivity index is 2.66. The fourth-order valence-corrected chi connectivity index (χ4v) is 1.86. The first-order valence-electron chi connectivity index (χ1n) is 5.37. The SMILES string of the molecule is COc1ccccc1-c1cc(N)c(Cl)c(C(=O)O)n1. The van der Waals surface area contributed by atoms with Crippen LogP contribution in [0.1, 0.15) is 10.5 Å². The number of carboxylic acids is 1. The van der Waals surface area contributed by atoms with Crippen molar-refractivity contribution in [1.29, 1.82) is 0 Å². The van der Waals surface area contributed by atoms with Gasteiger partial charge in [0.15, 0.2) is 5.69 Å². The van der Waals surface area contributed by atoms with Crippen molar-refractivity contribution in [3.8, 4) is 17.0 Å². The average molecular weight is 279 g/mol. The summed E-state index contributed by atoms with van der Waals surface area (Å²) >= 11 is 5.82. The molecule has 0 bridgehead atoms. The second kappa shape index (κ2) is 5.16. The molecule has 0 spiro atoms. The monoisotopic (exact) mass is 278 g/mol. The molecule has 2 rings (SSSR count). The van der Waals surface area contributed by atoms with E-state index in [2.05, 4.69) is 4.98 Å². The number of aromatic carboxylic acids is 1. The topological polar surface area (TPSA) is 85.4 Å². The first kappa shape index (κ1) is 13.2. The number of halogens is 1. The van der Waals surface area contributed by atoms with Gasteiger partial charge in [-0.25, -0.2) is 9.78 Å². The van der Waals surface area contributed by atoms with E-state index in [-0.39, 0.29) is 16.4 Å². The van der Waals surface area contributed by atoms with Gasteiger partial charge in [-0.15, -0.1) is 0 Å². The lowest BCUT2D eigenvalue weighted by Crippen LogP contribution is -2.05. The van der Waals surface area contributed by atoms with Crippen LogP contribution in [0.5, 0.6) is 5.75 Å². The van der Waals surface area contributed by atoms with Crippen LogP contribution in [0.4, 0.5) is 5.69 Å². The van der Waals surface area contributed by atoms with E-state index in [0.29, 0.717) is 17.0 Å². The molecule has 0 saturated heterocycles. The molecule has 6 heteroatoms. The molecule has 1 aromatic heterocycles. The number of nitrogens with two attached hydrogens (primary N) is 1. The number of hydrogen-bond acceptors (Lipinski definition) is 4. The Labute approximate surface area is 114 Å². The lowest BCUT2D eigenvalue weighted by Gasteiger charge is -2.10. The fraction of sp³-hybridized carbons (Fsp3) is 0.0769. The quantitative estimate of drug-likeness (QED) is 0.901. The molecule has 0 aliphatic heterocycles. The van der Waals surface area contributed by atoms with Crippen molar-refractivity contribution >= 4 is 23.3 Å². The number of anilines is 1. The largest absolute Gasteiger partial charge is 0.496 e. The number of pyridine rings is 1. The van der Waals surface area contributed by atoms with E-state index < -0.39 is 5.97 Å². The number of hydrogen-bond donors (Lipinski definition) is 2. The minimum absolute atomic E-state index is 0.0638. The molecular weight excluding hydrogens is 268 g/mol. The maximum Gasteiger partial charge on any atom is 0.356 e. The Hall–Kier alpha value is -2.27. The molecular formula is C13H11ClN2O3. The van der Waals surface area contributed by atoms with E-state index in [1.54, 1.807) is 24.3 Å². The zero-order chi connectivity index (χ0) is 14.0. The molecule has 19 heavy (non-hydrogen) atoms. The Morgan fingerprint density at radius 3 is 2.74 bits per heavy atom. The van der Waals surface area contributed by atoms with E-state index in [9.17, 15) is 4.79 Å². The van der Waals surface area contributed by atoms with Gasteiger partial charge in [-0.05, 0) is 18.2 Å². The molecule has 0 fully saturated rings. The first-order valence-corrected chi connectivity index (χ1v) is 5.75. The van der Waals surface area contributed by atoms with Gasteiger partial charge in [-0.2, -0.15) is 0 Å². The summed E-state index contributed by atoms with van der Waals surface area (Å²) in [5.74, 6) is -0.651. The Bertz CT molecular complexity index is 644. The summed E-state index contributed by atoms with van der Waals surface area (Å²) in [5.41, 5.74) is 6.65. The molecule has 0 aliphatic carbocycles. The number of methoxy groups -OCH3 is 1. The van der Waals surface area contributed by atoms with Crippen LogP contribution in [0.2, 0.25) is 5.02 Å². The van der Waals surface area contributed by atoms with E-state index >= 15 is 0 Å². The zero-order valence-electron chi connectivity index (χ0n) is 10.1. The van der Waals surface area contributed by atoms with Crippen molar-refractivity contribution in [2.75, 3.05) is 12.8 Å². The van der Waals surface area contributed by atoms with Gasteiger partial charge in [-0.1, -0.05) is 23.7 Å². The highest BCUT2D eigenvalue weighted by Gasteiger charge is 2.17. The van der Waals surface area contributed by atoms with Gasteiger partial charge in [0.2, 0.25) is 0 Å². The molecule has 1 heterocycles. The molecule has 0 unspecified atom stereocenters. The Morgan fingerprint density at radius 1 is 1.42 bits per heavy atom. The van der Waals surface area contributed by atoms with E-state index in [0.717, 1.165) is 0 Å². The third-order valence-corrected chi connectivity index (χ3v) is 2.97. The number of benzene rings is 1. The summed E-state index contributed by atoms with van der Waals surface area (Å²) in [5, 5.41) is 8.99. The number of aromatic nitrogens is 1.